The first-order valence-corrected chi connectivity index (χ1v) is 14.7. The number of hydrogen-bond acceptors (Lipinski definition) is 10. The van der Waals surface area contributed by atoms with Gasteiger partial charge >= 0.3 is 6.03 Å². The summed E-state index contributed by atoms with van der Waals surface area (Å²) >= 11 is 0. The van der Waals surface area contributed by atoms with Gasteiger partial charge in [0, 0.05) is 55.2 Å². The van der Waals surface area contributed by atoms with Gasteiger partial charge in [-0.25, -0.2) is 4.79 Å². The van der Waals surface area contributed by atoms with E-state index in [2.05, 4.69) is 20.4 Å². The molecule has 4 heterocycles. The maximum atomic E-state index is 12.9. The van der Waals surface area contributed by atoms with E-state index in [1.165, 1.54) is 4.90 Å². The van der Waals surface area contributed by atoms with Gasteiger partial charge in [-0.3, -0.25) is 9.59 Å². The van der Waals surface area contributed by atoms with E-state index < -0.39 is 18.0 Å². The number of carbonyl (C=O) groups is 3. The Kier molecular flexibility index (Phi) is 8.79. The minimum atomic E-state index is -0.582. The molecule has 1 atom stereocenters. The Morgan fingerprint density at radius 3 is 1.77 bits per heavy atom. The average Bonchev–Trinajstić information content (AvgIpc) is 3.57. The lowest BCUT2D eigenvalue weighted by Crippen LogP contribution is -2.43. The molecule has 0 aliphatic carbocycles. The number of urea groups is 1. The Balaban J connectivity index is 1.11. The second-order valence-corrected chi connectivity index (χ2v) is 10.8. The number of amides is 4. The van der Waals surface area contributed by atoms with Crippen LogP contribution in [0, 0.1) is 0 Å². The van der Waals surface area contributed by atoms with Crippen molar-refractivity contribution in [3.05, 3.63) is 54.1 Å². The van der Waals surface area contributed by atoms with Crippen molar-refractivity contribution in [1.82, 2.24) is 19.9 Å². The third-order valence-electron chi connectivity index (χ3n) is 7.83. The van der Waals surface area contributed by atoms with Crippen LogP contribution in [0.2, 0.25) is 0 Å². The van der Waals surface area contributed by atoms with Crippen LogP contribution < -0.4 is 26.2 Å². The molecule has 14 heteroatoms. The quantitative estimate of drug-likeness (QED) is 0.364. The largest absolute Gasteiger partial charge is 0.378 e. The second-order valence-electron chi connectivity index (χ2n) is 10.8. The molecule has 4 N–H and O–H groups in total. The average molecular weight is 602 g/mol. The van der Waals surface area contributed by atoms with Crippen molar-refractivity contribution >= 4 is 41.1 Å². The van der Waals surface area contributed by atoms with Crippen molar-refractivity contribution in [2.45, 2.75) is 18.9 Å². The molecule has 14 nitrogen and oxygen atoms in total. The van der Waals surface area contributed by atoms with Crippen LogP contribution in [0.5, 0.6) is 0 Å². The van der Waals surface area contributed by atoms with E-state index in [1.807, 2.05) is 12.1 Å². The van der Waals surface area contributed by atoms with E-state index in [1.54, 1.807) is 36.4 Å². The van der Waals surface area contributed by atoms with E-state index in [-0.39, 0.29) is 5.91 Å². The molecule has 3 aromatic rings. The molecule has 230 valence electrons. The minimum Gasteiger partial charge on any atom is -0.378 e. The molecule has 1 unspecified atom stereocenters. The fraction of sp³-hybridized carbons (Fsp3) is 0.400. The number of rotatable bonds is 7. The summed E-state index contributed by atoms with van der Waals surface area (Å²) in [5, 5.41) is 5.60. The third-order valence-corrected chi connectivity index (χ3v) is 7.83. The number of hydrogen-bond donors (Lipinski definition) is 3. The maximum absolute atomic E-state index is 12.9. The van der Waals surface area contributed by atoms with Crippen molar-refractivity contribution in [1.29, 1.82) is 0 Å². The van der Waals surface area contributed by atoms with Gasteiger partial charge in [0.2, 0.25) is 17.8 Å². The maximum Gasteiger partial charge on any atom is 0.323 e. The molecule has 0 saturated carbocycles. The fourth-order valence-corrected chi connectivity index (χ4v) is 5.46. The summed E-state index contributed by atoms with van der Waals surface area (Å²) in [4.78, 5) is 57.2. The highest BCUT2D eigenvalue weighted by atomic mass is 16.5. The molecule has 6 rings (SSSR count). The van der Waals surface area contributed by atoms with Crippen LogP contribution in [0.25, 0.3) is 11.4 Å². The molecule has 44 heavy (non-hydrogen) atoms. The second kappa shape index (κ2) is 13.2. The molecule has 0 spiro atoms. The van der Waals surface area contributed by atoms with Gasteiger partial charge in [-0.1, -0.05) is 0 Å². The van der Waals surface area contributed by atoms with Crippen molar-refractivity contribution in [2.24, 2.45) is 5.73 Å². The number of benzene rings is 2. The summed E-state index contributed by atoms with van der Waals surface area (Å²) in [6.45, 7) is 5.79. The predicted octanol–water partition coefficient (Wildman–Crippen LogP) is 1.95. The molecule has 1 aromatic heterocycles. The number of carbonyl (C=O) groups excluding carboxylic acids is 3. The van der Waals surface area contributed by atoms with E-state index >= 15 is 0 Å². The number of aromatic nitrogens is 3. The van der Waals surface area contributed by atoms with Gasteiger partial charge in [-0.2, -0.15) is 15.0 Å². The summed E-state index contributed by atoms with van der Waals surface area (Å²) in [5.41, 5.74) is 7.76. The highest BCUT2D eigenvalue weighted by Crippen LogP contribution is 2.25. The number of anilines is 4. The van der Waals surface area contributed by atoms with Gasteiger partial charge in [0.15, 0.2) is 5.82 Å². The smallest absolute Gasteiger partial charge is 0.323 e. The predicted molar refractivity (Wildman–Crippen MR) is 164 cm³/mol. The number of nitrogens with two attached hydrogens (primary N) is 1. The Hall–Kier alpha value is -4.82. The minimum absolute atomic E-state index is 0.255. The molecular weight excluding hydrogens is 566 g/mol. The molecule has 0 radical (unpaired) electrons. The van der Waals surface area contributed by atoms with Gasteiger partial charge < -0.3 is 40.5 Å². The first-order valence-electron chi connectivity index (χ1n) is 14.7. The van der Waals surface area contributed by atoms with Gasteiger partial charge in [-0.15, -0.1) is 0 Å². The van der Waals surface area contributed by atoms with E-state index in [0.717, 1.165) is 12.0 Å². The van der Waals surface area contributed by atoms with Crippen LogP contribution >= 0.6 is 0 Å². The van der Waals surface area contributed by atoms with Crippen molar-refractivity contribution in [3.63, 3.8) is 0 Å². The summed E-state index contributed by atoms with van der Waals surface area (Å²) < 4.78 is 11.0. The topological polar surface area (TPSA) is 168 Å². The number of morpholine rings is 2. The van der Waals surface area contributed by atoms with Crippen LogP contribution in [0.15, 0.2) is 48.5 Å². The first kappa shape index (κ1) is 29.3. The van der Waals surface area contributed by atoms with Crippen LogP contribution in [0.3, 0.4) is 0 Å². The normalized spacial score (nSPS) is 18.6. The van der Waals surface area contributed by atoms with Crippen LogP contribution in [-0.2, 0) is 14.3 Å². The van der Waals surface area contributed by atoms with E-state index in [9.17, 15) is 14.4 Å². The third kappa shape index (κ3) is 6.71. The molecule has 4 amide bonds. The SMILES string of the molecule is NC(=O)C1CCCN1C(=O)c1ccc(NC(=O)Nc2ccc(-c3nc(N4CCOCC4)nc(N4CCOCC4)n3)cc2)cc1. The van der Waals surface area contributed by atoms with Gasteiger partial charge in [-0.05, 0) is 61.4 Å². The standard InChI is InChI=1S/C30H35N9O5/c31-25(40)24-2-1-11-39(24)27(41)21-5-9-23(10-6-21)33-30(42)32-22-7-3-20(4-8-22)26-34-28(37-12-16-43-17-13-37)36-29(35-26)38-14-18-44-19-15-38/h3-10,24H,1-2,11-19H2,(H2,31,40)(H2,32,33,42). The zero-order chi connectivity index (χ0) is 30.5. The van der Waals surface area contributed by atoms with Gasteiger partial charge in [0.05, 0.1) is 26.4 Å². The number of primary amides is 1. The van der Waals surface area contributed by atoms with Gasteiger partial charge in [0.1, 0.15) is 6.04 Å². The molecule has 3 fully saturated rings. The summed E-state index contributed by atoms with van der Waals surface area (Å²) in [5.74, 6) is 1.02. The molecule has 3 aliphatic rings. The molecule has 2 aromatic carbocycles. The molecular formula is C30H35N9O5. The number of likely N-dealkylation sites (tertiary alicyclic amines) is 1. The van der Waals surface area contributed by atoms with Crippen molar-refractivity contribution < 1.29 is 23.9 Å². The summed E-state index contributed by atoms with van der Waals surface area (Å²) in [6.07, 6.45) is 1.31. The summed E-state index contributed by atoms with van der Waals surface area (Å²) in [6, 6.07) is 12.8. The Morgan fingerprint density at radius 2 is 1.25 bits per heavy atom. The Bertz CT molecular complexity index is 1450. The monoisotopic (exact) mass is 601 g/mol. The van der Waals surface area contributed by atoms with Crippen LogP contribution in [-0.4, -0.2) is 103 Å². The van der Waals surface area contributed by atoms with E-state index in [0.29, 0.717) is 100 Å². The van der Waals surface area contributed by atoms with Crippen molar-refractivity contribution in [2.75, 3.05) is 79.6 Å². The highest BCUT2D eigenvalue weighted by molar-refractivity contribution is 6.01. The molecule has 3 aliphatic heterocycles. The zero-order valence-electron chi connectivity index (χ0n) is 24.3. The molecule has 3 saturated heterocycles. The lowest BCUT2D eigenvalue weighted by atomic mass is 10.1. The Morgan fingerprint density at radius 1 is 0.727 bits per heavy atom. The lowest BCUT2D eigenvalue weighted by molar-refractivity contribution is -0.121. The molecule has 0 bridgehead atoms. The van der Waals surface area contributed by atoms with E-state index in [4.69, 9.17) is 30.2 Å². The highest BCUT2D eigenvalue weighted by Gasteiger charge is 2.33. The zero-order valence-corrected chi connectivity index (χ0v) is 24.3. The first-order chi connectivity index (χ1) is 21.4. The van der Waals surface area contributed by atoms with Gasteiger partial charge in [0.25, 0.3) is 5.91 Å². The Labute approximate surface area is 254 Å². The van der Waals surface area contributed by atoms with Crippen LogP contribution in [0.1, 0.15) is 23.2 Å². The summed E-state index contributed by atoms with van der Waals surface area (Å²) in [7, 11) is 0. The fourth-order valence-electron chi connectivity index (χ4n) is 5.46. The lowest BCUT2D eigenvalue weighted by Gasteiger charge is -2.30. The van der Waals surface area contributed by atoms with Crippen molar-refractivity contribution in [3.8, 4) is 11.4 Å². The number of nitrogens with one attached hydrogen (secondary N) is 2. The number of ether oxygens (including phenoxy) is 2. The van der Waals surface area contributed by atoms with Crippen LogP contribution in [0.4, 0.5) is 28.1 Å². The number of nitrogens with zero attached hydrogens (tertiary/aromatic N) is 6.